The molecule has 0 radical (unpaired) electrons. The summed E-state index contributed by atoms with van der Waals surface area (Å²) in [5.41, 5.74) is 2.18. The summed E-state index contributed by atoms with van der Waals surface area (Å²) in [6.45, 7) is 3.83. The molecule has 3 aromatic rings. The van der Waals surface area contributed by atoms with Gasteiger partial charge < -0.3 is 19.9 Å². The molecule has 2 aromatic carbocycles. The van der Waals surface area contributed by atoms with Gasteiger partial charge in [-0.3, -0.25) is 4.79 Å². The number of anilines is 2. The van der Waals surface area contributed by atoms with Gasteiger partial charge in [-0.1, -0.05) is 12.1 Å². The molecule has 1 aromatic heterocycles. The second-order valence-corrected chi connectivity index (χ2v) is 8.33. The first-order valence-corrected chi connectivity index (χ1v) is 11.1. The fourth-order valence-corrected chi connectivity index (χ4v) is 3.84. The third kappa shape index (κ3) is 6.57. The number of amides is 1. The number of ether oxygens (including phenoxy) is 1. The lowest BCUT2D eigenvalue weighted by molar-refractivity contribution is -0.274. The van der Waals surface area contributed by atoms with Gasteiger partial charge in [0.15, 0.2) is 0 Å². The summed E-state index contributed by atoms with van der Waals surface area (Å²) in [5, 5.41) is 3.68. The van der Waals surface area contributed by atoms with Crippen molar-refractivity contribution >= 4 is 28.4 Å². The summed E-state index contributed by atoms with van der Waals surface area (Å²) in [4.78, 5) is 26.1. The van der Waals surface area contributed by atoms with Crippen molar-refractivity contribution in [3.05, 3.63) is 54.2 Å². The monoisotopic (exact) mass is 473 g/mol. The van der Waals surface area contributed by atoms with Crippen LogP contribution in [0.2, 0.25) is 0 Å². The van der Waals surface area contributed by atoms with Crippen LogP contribution < -0.4 is 15.0 Å². The zero-order valence-electron chi connectivity index (χ0n) is 18.8. The van der Waals surface area contributed by atoms with Crippen LogP contribution >= 0.6 is 0 Å². The Hall–Kier alpha value is -3.40. The normalized spacial score (nSPS) is 15.2. The van der Waals surface area contributed by atoms with E-state index in [1.165, 1.54) is 24.3 Å². The molecule has 7 nitrogen and oxygen atoms in total. The lowest BCUT2D eigenvalue weighted by Gasteiger charge is -2.20. The van der Waals surface area contributed by atoms with E-state index in [1.807, 2.05) is 12.1 Å². The van der Waals surface area contributed by atoms with E-state index in [1.54, 1.807) is 12.3 Å². The van der Waals surface area contributed by atoms with E-state index in [0.29, 0.717) is 18.1 Å². The van der Waals surface area contributed by atoms with E-state index >= 15 is 0 Å². The summed E-state index contributed by atoms with van der Waals surface area (Å²) < 4.78 is 40.6. The van der Waals surface area contributed by atoms with Crippen molar-refractivity contribution in [3.8, 4) is 5.75 Å². The second-order valence-electron chi connectivity index (χ2n) is 8.33. The van der Waals surface area contributed by atoms with Crippen molar-refractivity contribution in [2.24, 2.45) is 0 Å². The molecule has 34 heavy (non-hydrogen) atoms. The molecule has 0 saturated carbocycles. The highest BCUT2D eigenvalue weighted by atomic mass is 19.4. The van der Waals surface area contributed by atoms with Gasteiger partial charge in [0.2, 0.25) is 11.9 Å². The Morgan fingerprint density at radius 2 is 1.88 bits per heavy atom. The van der Waals surface area contributed by atoms with Crippen LogP contribution in [0.1, 0.15) is 18.4 Å². The molecule has 10 heteroatoms. The molecule has 1 aliphatic rings. The third-order valence-electron chi connectivity index (χ3n) is 5.65. The Kier molecular flexibility index (Phi) is 7.16. The van der Waals surface area contributed by atoms with Crippen LogP contribution in [0.5, 0.6) is 5.75 Å². The SMILES string of the molecule is CN1CCCN(c2ncc3cc(NC(=O)CCc4ccc(OC(F)(F)F)cc4)ccc3n2)CC1. The highest BCUT2D eigenvalue weighted by molar-refractivity contribution is 5.93. The Balaban J connectivity index is 1.33. The predicted molar refractivity (Wildman–Crippen MR) is 124 cm³/mol. The number of rotatable bonds is 6. The molecule has 1 amide bonds. The van der Waals surface area contributed by atoms with Crippen molar-refractivity contribution in [1.29, 1.82) is 0 Å². The van der Waals surface area contributed by atoms with Crippen LogP contribution in [-0.2, 0) is 11.2 Å². The summed E-state index contributed by atoms with van der Waals surface area (Å²) >= 11 is 0. The number of alkyl halides is 3. The highest BCUT2D eigenvalue weighted by Gasteiger charge is 2.30. The minimum Gasteiger partial charge on any atom is -0.406 e. The number of likely N-dealkylation sites (N-methyl/N-ethyl adjacent to an activating group) is 1. The number of benzene rings is 2. The van der Waals surface area contributed by atoms with E-state index in [-0.39, 0.29) is 18.1 Å². The van der Waals surface area contributed by atoms with E-state index in [0.717, 1.165) is 49.1 Å². The van der Waals surface area contributed by atoms with Crippen molar-refractivity contribution in [2.45, 2.75) is 25.6 Å². The standard InChI is InChI=1S/C24H26F3N5O2/c1-31-11-2-12-32(14-13-31)23-28-16-18-15-19(6-9-21(18)30-23)29-22(33)10-5-17-3-7-20(8-4-17)34-24(25,26)27/h3-4,6-9,15-16H,2,5,10-14H2,1H3,(H,29,33). The molecule has 0 spiro atoms. The molecule has 0 unspecified atom stereocenters. The first-order chi connectivity index (χ1) is 16.2. The number of aryl methyl sites for hydroxylation is 1. The van der Waals surface area contributed by atoms with Crippen LogP contribution in [0.15, 0.2) is 48.7 Å². The molecule has 1 fully saturated rings. The van der Waals surface area contributed by atoms with Crippen molar-refractivity contribution in [3.63, 3.8) is 0 Å². The molecule has 1 aliphatic heterocycles. The molecule has 180 valence electrons. The molecule has 0 aliphatic carbocycles. The number of nitrogens with zero attached hydrogens (tertiary/aromatic N) is 4. The van der Waals surface area contributed by atoms with Gasteiger partial charge in [-0.05, 0) is 62.3 Å². The lowest BCUT2D eigenvalue weighted by Crippen LogP contribution is -2.30. The molecule has 4 rings (SSSR count). The minimum atomic E-state index is -4.72. The third-order valence-corrected chi connectivity index (χ3v) is 5.65. The summed E-state index contributed by atoms with van der Waals surface area (Å²) in [7, 11) is 2.11. The van der Waals surface area contributed by atoms with Gasteiger partial charge in [-0.15, -0.1) is 13.2 Å². The van der Waals surface area contributed by atoms with Crippen LogP contribution in [0.4, 0.5) is 24.8 Å². The number of hydrogen-bond donors (Lipinski definition) is 1. The maximum atomic E-state index is 12.4. The van der Waals surface area contributed by atoms with Crippen LogP contribution in [0.25, 0.3) is 10.9 Å². The van der Waals surface area contributed by atoms with Gasteiger partial charge in [0.05, 0.1) is 5.52 Å². The number of carbonyl (C=O) groups excluding carboxylic acids is 1. The fraction of sp³-hybridized carbons (Fsp3) is 0.375. The Morgan fingerprint density at radius 1 is 1.09 bits per heavy atom. The topological polar surface area (TPSA) is 70.6 Å². The summed E-state index contributed by atoms with van der Waals surface area (Å²) in [6.07, 6.45) is -1.31. The van der Waals surface area contributed by atoms with Gasteiger partial charge >= 0.3 is 6.36 Å². The Labute approximate surface area is 195 Å². The lowest BCUT2D eigenvalue weighted by atomic mass is 10.1. The first kappa shape index (κ1) is 23.7. The Bertz CT molecular complexity index is 1140. The first-order valence-electron chi connectivity index (χ1n) is 11.1. The number of fused-ring (bicyclic) bond motifs is 1. The zero-order chi connectivity index (χ0) is 24.1. The van der Waals surface area contributed by atoms with Gasteiger partial charge in [0, 0.05) is 43.3 Å². The largest absolute Gasteiger partial charge is 0.573 e. The molecule has 2 heterocycles. The van der Waals surface area contributed by atoms with Gasteiger partial charge in [0.25, 0.3) is 0 Å². The average Bonchev–Trinajstić information content (AvgIpc) is 3.02. The van der Waals surface area contributed by atoms with Crippen molar-refractivity contribution < 1.29 is 22.7 Å². The maximum Gasteiger partial charge on any atom is 0.573 e. The van der Waals surface area contributed by atoms with Crippen molar-refractivity contribution in [2.75, 3.05) is 43.4 Å². The fourth-order valence-electron chi connectivity index (χ4n) is 3.84. The maximum absolute atomic E-state index is 12.4. The quantitative estimate of drug-likeness (QED) is 0.578. The number of halogens is 3. The van der Waals surface area contributed by atoms with Crippen LogP contribution in [0.3, 0.4) is 0 Å². The van der Waals surface area contributed by atoms with Gasteiger partial charge in [-0.2, -0.15) is 0 Å². The number of hydrogen-bond acceptors (Lipinski definition) is 6. The molecule has 0 bridgehead atoms. The van der Waals surface area contributed by atoms with Crippen LogP contribution in [0, 0.1) is 0 Å². The van der Waals surface area contributed by atoms with Gasteiger partial charge in [0.1, 0.15) is 5.75 Å². The predicted octanol–water partition coefficient (Wildman–Crippen LogP) is 4.24. The number of aromatic nitrogens is 2. The zero-order valence-corrected chi connectivity index (χ0v) is 18.8. The summed E-state index contributed by atoms with van der Waals surface area (Å²) in [6, 6.07) is 11.0. The average molecular weight is 473 g/mol. The van der Waals surface area contributed by atoms with Gasteiger partial charge in [-0.25, -0.2) is 9.97 Å². The highest BCUT2D eigenvalue weighted by Crippen LogP contribution is 2.23. The van der Waals surface area contributed by atoms with Crippen molar-refractivity contribution in [1.82, 2.24) is 14.9 Å². The molecule has 1 saturated heterocycles. The molecule has 1 N–H and O–H groups in total. The second kappa shape index (κ2) is 10.3. The molecule has 0 atom stereocenters. The smallest absolute Gasteiger partial charge is 0.406 e. The number of carbonyl (C=O) groups is 1. The van der Waals surface area contributed by atoms with Crippen LogP contribution in [-0.4, -0.2) is 60.4 Å². The van der Waals surface area contributed by atoms with E-state index in [4.69, 9.17) is 4.98 Å². The number of nitrogens with one attached hydrogen (secondary N) is 1. The Morgan fingerprint density at radius 3 is 2.65 bits per heavy atom. The summed E-state index contributed by atoms with van der Waals surface area (Å²) in [5.74, 6) is 0.234. The molecular formula is C24H26F3N5O2. The molecular weight excluding hydrogens is 447 g/mol. The van der Waals surface area contributed by atoms with E-state index in [9.17, 15) is 18.0 Å². The van der Waals surface area contributed by atoms with E-state index < -0.39 is 6.36 Å². The van der Waals surface area contributed by atoms with E-state index in [2.05, 4.69) is 31.9 Å². The minimum absolute atomic E-state index is 0.191.